The fraction of sp³-hybridized carbons (Fsp3) is 0.571. The van der Waals surface area contributed by atoms with Crippen LogP contribution in [-0.2, 0) is 12.7 Å². The molecule has 114 valence electrons. The first kappa shape index (κ1) is 16.9. The van der Waals surface area contributed by atoms with Crippen molar-refractivity contribution < 1.29 is 22.7 Å². The average molecular weight is 293 g/mol. The monoisotopic (exact) mass is 293 g/mol. The summed E-state index contributed by atoms with van der Waals surface area (Å²) in [7, 11) is 0. The largest absolute Gasteiger partial charge is 0.416 e. The number of alkyl halides is 3. The Morgan fingerprint density at radius 3 is 2.10 bits per heavy atom. The lowest BCUT2D eigenvalue weighted by molar-refractivity contribution is -0.138. The van der Waals surface area contributed by atoms with Crippen molar-refractivity contribution in [2.24, 2.45) is 0 Å². The minimum absolute atomic E-state index is 0.0591. The van der Waals surface area contributed by atoms with E-state index in [4.69, 9.17) is 0 Å². The summed E-state index contributed by atoms with van der Waals surface area (Å²) in [5, 5.41) is 12.8. The molecule has 1 aromatic rings. The van der Waals surface area contributed by atoms with Crippen molar-refractivity contribution in [2.45, 2.75) is 51.6 Å². The Bertz CT molecular complexity index is 475. The number of hydrogen-bond donors (Lipinski definition) is 2. The van der Waals surface area contributed by atoms with E-state index in [0.717, 1.165) is 12.1 Å². The lowest BCUT2D eigenvalue weighted by atomic mass is 9.85. The second kappa shape index (κ2) is 5.33. The van der Waals surface area contributed by atoms with Gasteiger partial charge in [-0.25, -0.2) is 4.39 Å². The number of hydrogen-bond acceptors (Lipinski definition) is 2. The van der Waals surface area contributed by atoms with Gasteiger partial charge in [0.05, 0.1) is 11.2 Å². The predicted octanol–water partition coefficient (Wildman–Crippen LogP) is 3.48. The van der Waals surface area contributed by atoms with Crippen LogP contribution in [0, 0.1) is 5.82 Å². The maximum Gasteiger partial charge on any atom is 0.416 e. The van der Waals surface area contributed by atoms with Crippen LogP contribution >= 0.6 is 0 Å². The molecule has 2 N–H and O–H groups in total. The van der Waals surface area contributed by atoms with Gasteiger partial charge in [-0.05, 0) is 45.4 Å². The van der Waals surface area contributed by atoms with Crippen molar-refractivity contribution in [3.8, 4) is 0 Å². The zero-order chi connectivity index (χ0) is 15.8. The van der Waals surface area contributed by atoms with Gasteiger partial charge in [0.25, 0.3) is 0 Å². The molecule has 0 spiro atoms. The third-order valence-corrected chi connectivity index (χ3v) is 3.63. The van der Waals surface area contributed by atoms with E-state index in [1.54, 1.807) is 27.7 Å². The lowest BCUT2D eigenvalue weighted by Crippen LogP contribution is -2.55. The van der Waals surface area contributed by atoms with E-state index in [1.165, 1.54) is 0 Å². The summed E-state index contributed by atoms with van der Waals surface area (Å²) in [4.78, 5) is 0. The van der Waals surface area contributed by atoms with Crippen molar-refractivity contribution in [1.82, 2.24) is 5.32 Å². The van der Waals surface area contributed by atoms with Gasteiger partial charge in [-0.2, -0.15) is 13.2 Å². The highest BCUT2D eigenvalue weighted by atomic mass is 19.4. The van der Waals surface area contributed by atoms with Crippen molar-refractivity contribution in [3.05, 3.63) is 35.1 Å². The highest BCUT2D eigenvalue weighted by Crippen LogP contribution is 2.33. The Morgan fingerprint density at radius 2 is 1.65 bits per heavy atom. The van der Waals surface area contributed by atoms with Gasteiger partial charge in [0, 0.05) is 12.1 Å². The average Bonchev–Trinajstić information content (AvgIpc) is 2.24. The van der Waals surface area contributed by atoms with E-state index in [9.17, 15) is 22.7 Å². The topological polar surface area (TPSA) is 32.3 Å². The van der Waals surface area contributed by atoms with Crippen LogP contribution in [0.3, 0.4) is 0 Å². The van der Waals surface area contributed by atoms with E-state index >= 15 is 0 Å². The number of rotatable bonds is 4. The fourth-order valence-corrected chi connectivity index (χ4v) is 1.50. The van der Waals surface area contributed by atoms with Gasteiger partial charge in [-0.3, -0.25) is 0 Å². The van der Waals surface area contributed by atoms with Crippen molar-refractivity contribution in [3.63, 3.8) is 0 Å². The molecule has 0 radical (unpaired) electrons. The molecule has 2 nitrogen and oxygen atoms in total. The standard InChI is InChI=1S/C14H19F4NO/c1-12(2,13(3,4)20)19-8-9-5-6-10(15)7-11(9)14(16,17)18/h5-7,19-20H,8H2,1-4H3. The van der Waals surface area contributed by atoms with Crippen LogP contribution in [0.15, 0.2) is 18.2 Å². The van der Waals surface area contributed by atoms with Gasteiger partial charge in [0.1, 0.15) is 5.82 Å². The van der Waals surface area contributed by atoms with Crippen molar-refractivity contribution >= 4 is 0 Å². The molecule has 0 saturated carbocycles. The molecular formula is C14H19F4NO. The fourth-order valence-electron chi connectivity index (χ4n) is 1.50. The minimum atomic E-state index is -4.61. The van der Waals surface area contributed by atoms with Crippen molar-refractivity contribution in [2.75, 3.05) is 0 Å². The number of nitrogens with one attached hydrogen (secondary N) is 1. The SMILES string of the molecule is CC(C)(O)C(C)(C)NCc1ccc(F)cc1C(F)(F)F. The first-order valence-electron chi connectivity index (χ1n) is 6.17. The Morgan fingerprint density at radius 1 is 1.10 bits per heavy atom. The summed E-state index contributed by atoms with van der Waals surface area (Å²) >= 11 is 0. The third-order valence-electron chi connectivity index (χ3n) is 3.63. The highest BCUT2D eigenvalue weighted by molar-refractivity contribution is 5.30. The smallest absolute Gasteiger partial charge is 0.389 e. The highest BCUT2D eigenvalue weighted by Gasteiger charge is 2.37. The summed E-state index contributed by atoms with van der Waals surface area (Å²) in [6.45, 7) is 6.38. The summed E-state index contributed by atoms with van der Waals surface area (Å²) in [5.41, 5.74) is -2.98. The summed E-state index contributed by atoms with van der Waals surface area (Å²) in [6.07, 6.45) is -4.61. The molecule has 0 aliphatic rings. The zero-order valence-electron chi connectivity index (χ0n) is 11.9. The Kier molecular flexibility index (Phi) is 4.51. The van der Waals surface area contributed by atoms with Gasteiger partial charge in [0.2, 0.25) is 0 Å². The molecule has 0 atom stereocenters. The molecule has 0 bridgehead atoms. The second-order valence-corrected chi connectivity index (χ2v) is 5.84. The van der Waals surface area contributed by atoms with Gasteiger partial charge in [0.15, 0.2) is 0 Å². The maximum absolute atomic E-state index is 13.0. The van der Waals surface area contributed by atoms with Crippen LogP contribution in [-0.4, -0.2) is 16.2 Å². The van der Waals surface area contributed by atoms with E-state index in [2.05, 4.69) is 5.32 Å². The third kappa shape index (κ3) is 3.93. The molecule has 0 amide bonds. The molecule has 1 aromatic carbocycles. The summed E-state index contributed by atoms with van der Waals surface area (Å²) in [5.74, 6) is -0.928. The van der Waals surface area contributed by atoms with Crippen LogP contribution in [0.2, 0.25) is 0 Å². The van der Waals surface area contributed by atoms with Gasteiger partial charge >= 0.3 is 6.18 Å². The Hall–Kier alpha value is -1.14. The molecule has 0 heterocycles. The summed E-state index contributed by atoms with van der Waals surface area (Å²) < 4.78 is 51.5. The quantitative estimate of drug-likeness (QED) is 0.833. The van der Waals surface area contributed by atoms with Crippen molar-refractivity contribution in [1.29, 1.82) is 0 Å². The molecule has 0 aliphatic heterocycles. The van der Waals surface area contributed by atoms with E-state index in [-0.39, 0.29) is 12.1 Å². The van der Waals surface area contributed by atoms with E-state index in [0.29, 0.717) is 6.07 Å². The van der Waals surface area contributed by atoms with Crippen LogP contribution in [0.25, 0.3) is 0 Å². The first-order chi connectivity index (χ1) is 8.84. The first-order valence-corrected chi connectivity index (χ1v) is 6.17. The number of aliphatic hydroxyl groups is 1. The second-order valence-electron chi connectivity index (χ2n) is 5.84. The molecule has 20 heavy (non-hydrogen) atoms. The molecule has 0 aromatic heterocycles. The molecule has 1 rings (SSSR count). The number of halogens is 4. The van der Waals surface area contributed by atoms with Gasteiger partial charge < -0.3 is 10.4 Å². The van der Waals surface area contributed by atoms with E-state index < -0.39 is 28.7 Å². The van der Waals surface area contributed by atoms with E-state index in [1.807, 2.05) is 0 Å². The number of benzene rings is 1. The minimum Gasteiger partial charge on any atom is -0.389 e. The van der Waals surface area contributed by atoms with Crippen LogP contribution in [0.1, 0.15) is 38.8 Å². The molecule has 6 heteroatoms. The zero-order valence-corrected chi connectivity index (χ0v) is 11.9. The van der Waals surface area contributed by atoms with Crippen LogP contribution in [0.4, 0.5) is 17.6 Å². The molecule has 0 saturated heterocycles. The molecular weight excluding hydrogens is 274 g/mol. The van der Waals surface area contributed by atoms with Gasteiger partial charge in [-0.1, -0.05) is 6.07 Å². The summed E-state index contributed by atoms with van der Waals surface area (Å²) in [6, 6.07) is 2.57. The molecule has 0 aliphatic carbocycles. The Labute approximate surface area is 115 Å². The normalized spacial score (nSPS) is 13.7. The van der Waals surface area contributed by atoms with Crippen LogP contribution < -0.4 is 5.32 Å². The van der Waals surface area contributed by atoms with Gasteiger partial charge in [-0.15, -0.1) is 0 Å². The molecule has 0 fully saturated rings. The predicted molar refractivity (Wildman–Crippen MR) is 68.6 cm³/mol. The maximum atomic E-state index is 13.0. The molecule has 0 unspecified atom stereocenters. The lowest BCUT2D eigenvalue weighted by Gasteiger charge is -2.38. The van der Waals surface area contributed by atoms with Crippen LogP contribution in [0.5, 0.6) is 0 Å². The Balaban J connectivity index is 3.00.